The number of rotatable bonds is 7. The molecule has 0 unspecified atom stereocenters. The largest absolute Gasteiger partial charge is 0.380 e. The van der Waals surface area contributed by atoms with E-state index < -0.39 is 0 Å². The van der Waals surface area contributed by atoms with Crippen LogP contribution in [0.25, 0.3) is 0 Å². The van der Waals surface area contributed by atoms with Gasteiger partial charge in [-0.25, -0.2) is 0 Å². The van der Waals surface area contributed by atoms with E-state index in [1.165, 1.54) is 25.9 Å². The quantitative estimate of drug-likeness (QED) is 0.663. The van der Waals surface area contributed by atoms with Crippen molar-refractivity contribution in [2.75, 3.05) is 53.5 Å². The van der Waals surface area contributed by atoms with Crippen molar-refractivity contribution in [2.24, 2.45) is 11.8 Å². The maximum atomic E-state index is 5.80. The summed E-state index contributed by atoms with van der Waals surface area (Å²) < 4.78 is 5.80. The van der Waals surface area contributed by atoms with Gasteiger partial charge in [-0.3, -0.25) is 0 Å². The van der Waals surface area contributed by atoms with E-state index in [0.717, 1.165) is 38.1 Å². The van der Waals surface area contributed by atoms with Gasteiger partial charge in [0, 0.05) is 19.7 Å². The van der Waals surface area contributed by atoms with Gasteiger partial charge in [0.15, 0.2) is 0 Å². The summed E-state index contributed by atoms with van der Waals surface area (Å²) >= 11 is 0. The van der Waals surface area contributed by atoms with E-state index in [9.17, 15) is 0 Å². The van der Waals surface area contributed by atoms with Gasteiger partial charge in [0.05, 0.1) is 6.61 Å². The van der Waals surface area contributed by atoms with Gasteiger partial charge >= 0.3 is 0 Å². The number of nitrogens with zero attached hydrogens (tertiary/aromatic N) is 2. The number of hydrogen-bond acceptors (Lipinski definition) is 3. The third-order valence-electron chi connectivity index (χ3n) is 3.49. The molecule has 3 nitrogen and oxygen atoms in total. The summed E-state index contributed by atoms with van der Waals surface area (Å²) in [6, 6.07) is 0. The molecular weight excluding hydrogens is 236 g/mol. The van der Waals surface area contributed by atoms with Gasteiger partial charge in [0.25, 0.3) is 0 Å². The Balaban J connectivity index is 0.00000154. The van der Waals surface area contributed by atoms with E-state index in [0.29, 0.717) is 0 Å². The Labute approximate surface area is 121 Å². The van der Waals surface area contributed by atoms with Crippen molar-refractivity contribution in [2.45, 2.75) is 40.5 Å². The van der Waals surface area contributed by atoms with E-state index in [2.05, 4.69) is 37.7 Å². The molecule has 1 aliphatic rings. The van der Waals surface area contributed by atoms with Crippen LogP contribution in [0.2, 0.25) is 0 Å². The Bertz CT molecular complexity index is 189. The van der Waals surface area contributed by atoms with Gasteiger partial charge in [-0.15, -0.1) is 0 Å². The second kappa shape index (κ2) is 11.7. The topological polar surface area (TPSA) is 15.7 Å². The van der Waals surface area contributed by atoms with Crippen LogP contribution in [0.15, 0.2) is 0 Å². The van der Waals surface area contributed by atoms with Crippen LogP contribution < -0.4 is 0 Å². The second-order valence-corrected chi connectivity index (χ2v) is 5.98. The van der Waals surface area contributed by atoms with Gasteiger partial charge < -0.3 is 14.5 Å². The molecule has 19 heavy (non-hydrogen) atoms. The SMILES string of the molecule is CC.CC(C)CN(C)CCOCC1CCN(C)CC1. The molecule has 1 aliphatic heterocycles. The minimum atomic E-state index is 0.744. The first-order valence-corrected chi connectivity index (χ1v) is 8.02. The van der Waals surface area contributed by atoms with Crippen molar-refractivity contribution in [3.63, 3.8) is 0 Å². The molecule has 1 saturated heterocycles. The smallest absolute Gasteiger partial charge is 0.0593 e. The highest BCUT2D eigenvalue weighted by atomic mass is 16.5. The van der Waals surface area contributed by atoms with Crippen molar-refractivity contribution in [3.8, 4) is 0 Å². The third kappa shape index (κ3) is 10.3. The summed E-state index contributed by atoms with van der Waals surface area (Å²) in [7, 11) is 4.39. The fourth-order valence-electron chi connectivity index (χ4n) is 2.41. The van der Waals surface area contributed by atoms with Gasteiger partial charge in [-0.05, 0) is 51.9 Å². The molecule has 1 rings (SSSR count). The zero-order chi connectivity index (χ0) is 14.7. The zero-order valence-corrected chi connectivity index (χ0v) is 14.1. The molecule has 0 aromatic rings. The standard InChI is InChI=1S/C14H30N2O.C2H6/c1-13(2)11-16(4)9-10-17-12-14-5-7-15(3)8-6-14;1-2/h13-14H,5-12H2,1-4H3;1-2H3. The number of likely N-dealkylation sites (tertiary alicyclic amines) is 1. The average Bonchev–Trinajstić information content (AvgIpc) is 2.38. The Hall–Kier alpha value is -0.120. The number of ether oxygens (including phenoxy) is 1. The van der Waals surface area contributed by atoms with Crippen molar-refractivity contribution in [1.82, 2.24) is 9.80 Å². The molecule has 3 heteroatoms. The summed E-state index contributed by atoms with van der Waals surface area (Å²) in [5.74, 6) is 1.54. The molecule has 116 valence electrons. The molecule has 0 atom stereocenters. The lowest BCUT2D eigenvalue weighted by molar-refractivity contribution is 0.0597. The number of piperidine rings is 1. The normalized spacial score (nSPS) is 17.7. The van der Waals surface area contributed by atoms with Gasteiger partial charge in [-0.2, -0.15) is 0 Å². The maximum absolute atomic E-state index is 5.80. The van der Waals surface area contributed by atoms with E-state index in [1.54, 1.807) is 0 Å². The van der Waals surface area contributed by atoms with Crippen LogP contribution in [0, 0.1) is 11.8 Å². The predicted octanol–water partition coefficient (Wildman–Crippen LogP) is 2.96. The lowest BCUT2D eigenvalue weighted by atomic mass is 9.98. The molecule has 0 spiro atoms. The van der Waals surface area contributed by atoms with E-state index in [1.807, 2.05) is 13.8 Å². The lowest BCUT2D eigenvalue weighted by Gasteiger charge is -2.29. The molecule has 1 fully saturated rings. The summed E-state index contributed by atoms with van der Waals surface area (Å²) in [6.07, 6.45) is 2.61. The zero-order valence-electron chi connectivity index (χ0n) is 14.1. The third-order valence-corrected chi connectivity index (χ3v) is 3.49. The fraction of sp³-hybridized carbons (Fsp3) is 1.00. The molecular formula is C16H36N2O. The number of hydrogen-bond donors (Lipinski definition) is 0. The van der Waals surface area contributed by atoms with E-state index in [4.69, 9.17) is 4.74 Å². The van der Waals surface area contributed by atoms with Gasteiger partial charge in [0.1, 0.15) is 0 Å². The van der Waals surface area contributed by atoms with Crippen LogP contribution >= 0.6 is 0 Å². The van der Waals surface area contributed by atoms with Crippen LogP contribution in [0.1, 0.15) is 40.5 Å². The van der Waals surface area contributed by atoms with Gasteiger partial charge in [0.2, 0.25) is 0 Å². The molecule has 0 amide bonds. The molecule has 1 heterocycles. The Morgan fingerprint density at radius 3 is 2.32 bits per heavy atom. The summed E-state index contributed by atoms with van der Waals surface area (Å²) in [5.41, 5.74) is 0. The average molecular weight is 272 g/mol. The van der Waals surface area contributed by atoms with Gasteiger partial charge in [-0.1, -0.05) is 27.7 Å². The highest BCUT2D eigenvalue weighted by Crippen LogP contribution is 2.15. The molecule has 0 bridgehead atoms. The fourth-order valence-corrected chi connectivity index (χ4v) is 2.41. The first-order valence-electron chi connectivity index (χ1n) is 8.02. The van der Waals surface area contributed by atoms with E-state index in [-0.39, 0.29) is 0 Å². The molecule has 0 N–H and O–H groups in total. The Morgan fingerprint density at radius 2 is 1.79 bits per heavy atom. The van der Waals surface area contributed by atoms with Crippen LogP contribution in [0.5, 0.6) is 0 Å². The molecule has 0 radical (unpaired) electrons. The van der Waals surface area contributed by atoms with Crippen LogP contribution in [-0.2, 0) is 4.74 Å². The summed E-state index contributed by atoms with van der Waals surface area (Å²) in [4.78, 5) is 4.77. The minimum absolute atomic E-state index is 0.744. The highest BCUT2D eigenvalue weighted by Gasteiger charge is 2.16. The van der Waals surface area contributed by atoms with Crippen molar-refractivity contribution in [1.29, 1.82) is 0 Å². The molecule has 0 aromatic heterocycles. The monoisotopic (exact) mass is 272 g/mol. The second-order valence-electron chi connectivity index (χ2n) is 5.98. The van der Waals surface area contributed by atoms with Crippen molar-refractivity contribution in [3.05, 3.63) is 0 Å². The van der Waals surface area contributed by atoms with E-state index >= 15 is 0 Å². The highest BCUT2D eigenvalue weighted by molar-refractivity contribution is 4.69. The first kappa shape index (κ1) is 18.9. The molecule has 0 aliphatic carbocycles. The Morgan fingerprint density at radius 1 is 1.21 bits per heavy atom. The Kier molecular flexibility index (Phi) is 11.6. The number of likely N-dealkylation sites (N-methyl/N-ethyl adjacent to an activating group) is 1. The lowest BCUT2D eigenvalue weighted by Crippen LogP contribution is -2.33. The van der Waals surface area contributed by atoms with Crippen LogP contribution in [0.3, 0.4) is 0 Å². The first-order chi connectivity index (χ1) is 9.08. The summed E-state index contributed by atoms with van der Waals surface area (Å²) in [5, 5.41) is 0. The van der Waals surface area contributed by atoms with Crippen molar-refractivity contribution >= 4 is 0 Å². The summed E-state index contributed by atoms with van der Waals surface area (Å²) in [6.45, 7) is 15.1. The predicted molar refractivity (Wildman–Crippen MR) is 84.7 cm³/mol. The molecule has 0 saturated carbocycles. The van der Waals surface area contributed by atoms with Crippen LogP contribution in [-0.4, -0.2) is 63.3 Å². The molecule has 0 aromatic carbocycles. The minimum Gasteiger partial charge on any atom is -0.380 e. The van der Waals surface area contributed by atoms with Crippen LogP contribution in [0.4, 0.5) is 0 Å². The maximum Gasteiger partial charge on any atom is 0.0593 e. The van der Waals surface area contributed by atoms with Crippen molar-refractivity contribution < 1.29 is 4.74 Å².